The van der Waals surface area contributed by atoms with Crippen LogP contribution in [0, 0.1) is 13.8 Å². The van der Waals surface area contributed by atoms with E-state index in [4.69, 9.17) is 9.26 Å². The van der Waals surface area contributed by atoms with Gasteiger partial charge in [0.15, 0.2) is 5.76 Å². The Morgan fingerprint density at radius 2 is 2.00 bits per heavy atom. The van der Waals surface area contributed by atoms with Crippen molar-refractivity contribution in [1.29, 1.82) is 0 Å². The zero-order valence-electron chi connectivity index (χ0n) is 11.1. The number of ether oxygens (including phenoxy) is 1. The predicted molar refractivity (Wildman–Crippen MR) is 64.8 cm³/mol. The fourth-order valence-corrected chi connectivity index (χ4v) is 4.29. The molecule has 2 heterocycles. The van der Waals surface area contributed by atoms with E-state index in [-0.39, 0.29) is 4.90 Å². The second-order valence-electron chi connectivity index (χ2n) is 5.10. The number of sulfonamides is 1. The van der Waals surface area contributed by atoms with Gasteiger partial charge in [-0.3, -0.25) is 0 Å². The molecule has 7 heteroatoms. The van der Waals surface area contributed by atoms with E-state index >= 15 is 0 Å². The summed E-state index contributed by atoms with van der Waals surface area (Å²) < 4.78 is 37.1. The highest BCUT2D eigenvalue weighted by Crippen LogP contribution is 2.30. The third kappa shape index (κ3) is 2.06. The zero-order valence-corrected chi connectivity index (χ0v) is 11.9. The molecular formula is C11H18N2O4S. The molecule has 0 unspecified atom stereocenters. The summed E-state index contributed by atoms with van der Waals surface area (Å²) in [4.78, 5) is 0.178. The SMILES string of the molecule is Cc1noc(C)c1S(=O)(=O)N1CCOCC1(C)C. The summed E-state index contributed by atoms with van der Waals surface area (Å²) >= 11 is 0. The first-order valence-corrected chi connectivity index (χ1v) is 7.24. The van der Waals surface area contributed by atoms with E-state index in [0.29, 0.717) is 31.2 Å². The molecule has 0 saturated carbocycles. The highest BCUT2D eigenvalue weighted by molar-refractivity contribution is 7.89. The molecule has 0 bridgehead atoms. The van der Waals surface area contributed by atoms with Crippen LogP contribution in [0.2, 0.25) is 0 Å². The van der Waals surface area contributed by atoms with E-state index in [1.54, 1.807) is 13.8 Å². The summed E-state index contributed by atoms with van der Waals surface area (Å²) in [5.41, 5.74) is -0.164. The topological polar surface area (TPSA) is 72.6 Å². The van der Waals surface area contributed by atoms with Crippen LogP contribution >= 0.6 is 0 Å². The number of hydrogen-bond donors (Lipinski definition) is 0. The molecule has 102 valence electrons. The Balaban J connectivity index is 2.49. The van der Waals surface area contributed by atoms with Crippen LogP contribution in [0.15, 0.2) is 9.42 Å². The van der Waals surface area contributed by atoms with Crippen LogP contribution < -0.4 is 0 Å². The molecule has 18 heavy (non-hydrogen) atoms. The molecule has 1 aliphatic heterocycles. The molecule has 0 amide bonds. The van der Waals surface area contributed by atoms with Crippen molar-refractivity contribution in [2.45, 2.75) is 38.1 Å². The molecule has 0 aromatic carbocycles. The average molecular weight is 274 g/mol. The standard InChI is InChI=1S/C11H18N2O4S/c1-8-10(9(2)17-12-8)18(14,15)13-5-6-16-7-11(13,3)4/h5-7H2,1-4H3. The Morgan fingerprint density at radius 3 is 2.50 bits per heavy atom. The number of morpholine rings is 1. The lowest BCUT2D eigenvalue weighted by molar-refractivity contribution is -0.00775. The average Bonchev–Trinajstić information content (AvgIpc) is 2.57. The first-order chi connectivity index (χ1) is 8.27. The summed E-state index contributed by atoms with van der Waals surface area (Å²) in [5.74, 6) is 0.329. The molecule has 0 aliphatic carbocycles. The van der Waals surface area contributed by atoms with E-state index < -0.39 is 15.6 Å². The number of hydrogen-bond acceptors (Lipinski definition) is 5. The fourth-order valence-electron chi connectivity index (χ4n) is 2.24. The summed E-state index contributed by atoms with van der Waals surface area (Å²) in [7, 11) is -3.59. The van der Waals surface area contributed by atoms with Gasteiger partial charge in [0.25, 0.3) is 0 Å². The monoisotopic (exact) mass is 274 g/mol. The minimum Gasteiger partial charge on any atom is -0.378 e. The van der Waals surface area contributed by atoms with E-state index in [1.807, 2.05) is 13.8 Å². The molecule has 0 spiro atoms. The van der Waals surface area contributed by atoms with Crippen LogP contribution in [0.1, 0.15) is 25.3 Å². The maximum absolute atomic E-state index is 12.7. The van der Waals surface area contributed by atoms with Crippen molar-refractivity contribution < 1.29 is 17.7 Å². The molecule has 0 radical (unpaired) electrons. The van der Waals surface area contributed by atoms with Crippen LogP contribution in [0.5, 0.6) is 0 Å². The third-order valence-electron chi connectivity index (χ3n) is 3.09. The first kappa shape index (κ1) is 13.5. The normalized spacial score (nSPS) is 21.1. The van der Waals surface area contributed by atoms with Gasteiger partial charge in [0.05, 0.1) is 18.8 Å². The van der Waals surface area contributed by atoms with Gasteiger partial charge >= 0.3 is 0 Å². The molecule has 1 saturated heterocycles. The van der Waals surface area contributed by atoms with Crippen molar-refractivity contribution in [3.63, 3.8) is 0 Å². The maximum Gasteiger partial charge on any atom is 0.249 e. The fraction of sp³-hybridized carbons (Fsp3) is 0.727. The van der Waals surface area contributed by atoms with Gasteiger partial charge in [0.2, 0.25) is 10.0 Å². The van der Waals surface area contributed by atoms with Gasteiger partial charge in [-0.2, -0.15) is 4.31 Å². The van der Waals surface area contributed by atoms with Crippen LogP contribution in [-0.4, -0.2) is 43.2 Å². The first-order valence-electron chi connectivity index (χ1n) is 5.80. The van der Waals surface area contributed by atoms with Gasteiger partial charge in [-0.1, -0.05) is 5.16 Å². The Morgan fingerprint density at radius 1 is 1.33 bits per heavy atom. The van der Waals surface area contributed by atoms with Crippen molar-refractivity contribution in [3.8, 4) is 0 Å². The van der Waals surface area contributed by atoms with E-state index in [9.17, 15) is 8.42 Å². The quantitative estimate of drug-likeness (QED) is 0.807. The lowest BCUT2D eigenvalue weighted by atomic mass is 10.1. The van der Waals surface area contributed by atoms with Gasteiger partial charge in [-0.15, -0.1) is 0 Å². The lowest BCUT2D eigenvalue weighted by Crippen LogP contribution is -2.55. The van der Waals surface area contributed by atoms with Crippen molar-refractivity contribution in [1.82, 2.24) is 9.46 Å². The molecule has 1 aromatic rings. The minimum atomic E-state index is -3.59. The highest BCUT2D eigenvalue weighted by atomic mass is 32.2. The van der Waals surface area contributed by atoms with Crippen LogP contribution in [-0.2, 0) is 14.8 Å². The molecule has 1 fully saturated rings. The molecule has 1 aromatic heterocycles. The Kier molecular flexibility index (Phi) is 3.25. The van der Waals surface area contributed by atoms with Crippen LogP contribution in [0.25, 0.3) is 0 Å². The summed E-state index contributed by atoms with van der Waals surface area (Å²) in [5, 5.41) is 3.71. The van der Waals surface area contributed by atoms with Crippen molar-refractivity contribution >= 4 is 10.0 Å². The van der Waals surface area contributed by atoms with Gasteiger partial charge in [0.1, 0.15) is 10.6 Å². The molecule has 1 aliphatic rings. The molecule has 0 atom stereocenters. The summed E-state index contributed by atoms with van der Waals surface area (Å²) in [6, 6.07) is 0. The Hall–Kier alpha value is -0.920. The molecule has 6 nitrogen and oxygen atoms in total. The number of rotatable bonds is 2. The molecular weight excluding hydrogens is 256 g/mol. The van der Waals surface area contributed by atoms with Crippen molar-refractivity contribution in [3.05, 3.63) is 11.5 Å². The summed E-state index contributed by atoms with van der Waals surface area (Å²) in [6.45, 7) is 8.09. The van der Waals surface area contributed by atoms with Crippen LogP contribution in [0.3, 0.4) is 0 Å². The van der Waals surface area contributed by atoms with E-state index in [0.717, 1.165) is 0 Å². The Bertz CT molecular complexity index is 528. The van der Waals surface area contributed by atoms with Gasteiger partial charge in [-0.05, 0) is 27.7 Å². The predicted octanol–water partition coefficient (Wildman–Crippen LogP) is 1.09. The number of aryl methyl sites for hydroxylation is 2. The van der Waals surface area contributed by atoms with Gasteiger partial charge in [-0.25, -0.2) is 8.42 Å². The maximum atomic E-state index is 12.7. The van der Waals surface area contributed by atoms with Crippen molar-refractivity contribution in [2.75, 3.05) is 19.8 Å². The second-order valence-corrected chi connectivity index (χ2v) is 6.89. The van der Waals surface area contributed by atoms with E-state index in [1.165, 1.54) is 4.31 Å². The summed E-state index contributed by atoms with van der Waals surface area (Å²) in [6.07, 6.45) is 0. The smallest absolute Gasteiger partial charge is 0.249 e. The van der Waals surface area contributed by atoms with E-state index in [2.05, 4.69) is 5.16 Å². The third-order valence-corrected chi connectivity index (χ3v) is 5.44. The minimum absolute atomic E-state index is 0.178. The zero-order chi connectivity index (χ0) is 13.6. The van der Waals surface area contributed by atoms with Gasteiger partial charge < -0.3 is 9.26 Å². The highest BCUT2D eigenvalue weighted by Gasteiger charge is 2.42. The largest absolute Gasteiger partial charge is 0.378 e. The number of aromatic nitrogens is 1. The van der Waals surface area contributed by atoms with Gasteiger partial charge in [0, 0.05) is 6.54 Å². The number of nitrogens with zero attached hydrogens (tertiary/aromatic N) is 2. The Labute approximate surface area is 107 Å². The molecule has 0 N–H and O–H groups in total. The second kappa shape index (κ2) is 4.32. The van der Waals surface area contributed by atoms with Crippen LogP contribution in [0.4, 0.5) is 0 Å². The lowest BCUT2D eigenvalue weighted by Gasteiger charge is -2.40. The molecule has 2 rings (SSSR count). The van der Waals surface area contributed by atoms with Crippen molar-refractivity contribution in [2.24, 2.45) is 0 Å².